The van der Waals surface area contributed by atoms with Crippen LogP contribution in [0.1, 0.15) is 31.2 Å². The maximum Gasteiger partial charge on any atom is 0.251 e. The van der Waals surface area contributed by atoms with Crippen LogP contribution in [-0.4, -0.2) is 30.8 Å². The molecule has 7 heteroatoms. The van der Waals surface area contributed by atoms with Gasteiger partial charge in [-0.15, -0.1) is 0 Å². The van der Waals surface area contributed by atoms with Gasteiger partial charge in [0.15, 0.2) is 5.84 Å². The standard InChI is InChI=1S/C11H14N6O/c1-7(2)8-4-6-17(15-8)11-13-5-3-9(14-11)10(12)16-18/h3-7,18H,1-2H3,(H2,12,16). The first-order chi connectivity index (χ1) is 8.61. The van der Waals surface area contributed by atoms with E-state index >= 15 is 0 Å². The lowest BCUT2D eigenvalue weighted by molar-refractivity contribution is 0.318. The summed E-state index contributed by atoms with van der Waals surface area (Å²) in [6.45, 7) is 4.11. The molecule has 2 heterocycles. The minimum absolute atomic E-state index is 0.0603. The van der Waals surface area contributed by atoms with E-state index in [4.69, 9.17) is 10.9 Å². The highest BCUT2D eigenvalue weighted by atomic mass is 16.4. The minimum Gasteiger partial charge on any atom is -0.409 e. The molecule has 2 aromatic rings. The quantitative estimate of drug-likeness (QED) is 0.362. The van der Waals surface area contributed by atoms with Crippen LogP contribution in [0.5, 0.6) is 0 Å². The van der Waals surface area contributed by atoms with Gasteiger partial charge in [-0.2, -0.15) is 5.10 Å². The molecule has 0 unspecified atom stereocenters. The number of oxime groups is 1. The number of aromatic nitrogens is 4. The van der Waals surface area contributed by atoms with Gasteiger partial charge >= 0.3 is 0 Å². The van der Waals surface area contributed by atoms with Crippen molar-refractivity contribution < 1.29 is 5.21 Å². The molecule has 0 amide bonds. The molecule has 0 saturated heterocycles. The van der Waals surface area contributed by atoms with Gasteiger partial charge in [0.05, 0.1) is 5.69 Å². The first-order valence-corrected chi connectivity index (χ1v) is 5.48. The number of hydrogen-bond donors (Lipinski definition) is 2. The summed E-state index contributed by atoms with van der Waals surface area (Å²) < 4.78 is 1.56. The second-order valence-electron chi connectivity index (χ2n) is 4.07. The van der Waals surface area contributed by atoms with Crippen LogP contribution in [0, 0.1) is 0 Å². The molecular formula is C11H14N6O. The van der Waals surface area contributed by atoms with E-state index < -0.39 is 0 Å². The van der Waals surface area contributed by atoms with E-state index in [1.165, 1.54) is 6.20 Å². The maximum absolute atomic E-state index is 8.61. The largest absolute Gasteiger partial charge is 0.409 e. The number of nitrogens with zero attached hydrogens (tertiary/aromatic N) is 5. The van der Waals surface area contributed by atoms with Crippen LogP contribution < -0.4 is 5.73 Å². The predicted molar refractivity (Wildman–Crippen MR) is 65.8 cm³/mol. The normalized spacial score (nSPS) is 12.1. The average Bonchev–Trinajstić information content (AvgIpc) is 2.88. The molecule has 2 aromatic heterocycles. The Bertz CT molecular complexity index is 574. The smallest absolute Gasteiger partial charge is 0.251 e. The van der Waals surface area contributed by atoms with Crippen molar-refractivity contribution in [1.29, 1.82) is 0 Å². The summed E-state index contributed by atoms with van der Waals surface area (Å²) in [5.41, 5.74) is 6.78. The van der Waals surface area contributed by atoms with Gasteiger partial charge in [0.2, 0.25) is 0 Å². The van der Waals surface area contributed by atoms with E-state index in [1.807, 2.05) is 6.07 Å². The zero-order valence-electron chi connectivity index (χ0n) is 10.1. The Labute approximate surface area is 104 Å². The summed E-state index contributed by atoms with van der Waals surface area (Å²) in [6.07, 6.45) is 3.31. The fraction of sp³-hybridized carbons (Fsp3) is 0.273. The Balaban J connectivity index is 2.38. The number of rotatable bonds is 3. The topological polar surface area (TPSA) is 102 Å². The van der Waals surface area contributed by atoms with E-state index in [9.17, 15) is 0 Å². The van der Waals surface area contributed by atoms with Crippen molar-refractivity contribution in [3.05, 3.63) is 35.9 Å². The monoisotopic (exact) mass is 246 g/mol. The Morgan fingerprint density at radius 3 is 2.83 bits per heavy atom. The highest BCUT2D eigenvalue weighted by Gasteiger charge is 2.08. The van der Waals surface area contributed by atoms with Crippen LogP contribution in [0.25, 0.3) is 5.95 Å². The van der Waals surface area contributed by atoms with Crippen LogP contribution >= 0.6 is 0 Å². The molecule has 18 heavy (non-hydrogen) atoms. The molecule has 0 aliphatic carbocycles. The highest BCUT2D eigenvalue weighted by Crippen LogP contribution is 2.12. The van der Waals surface area contributed by atoms with E-state index in [0.717, 1.165) is 5.69 Å². The van der Waals surface area contributed by atoms with Gasteiger partial charge in [0, 0.05) is 12.4 Å². The van der Waals surface area contributed by atoms with Gasteiger partial charge in [-0.05, 0) is 18.1 Å². The highest BCUT2D eigenvalue weighted by molar-refractivity contribution is 5.95. The SMILES string of the molecule is CC(C)c1ccn(-c2nccc(/C(N)=N/O)n2)n1. The summed E-state index contributed by atoms with van der Waals surface area (Å²) in [5.74, 6) is 0.652. The van der Waals surface area contributed by atoms with E-state index in [2.05, 4.69) is 34.1 Å². The Kier molecular flexibility index (Phi) is 3.22. The predicted octanol–water partition coefficient (Wildman–Crippen LogP) is 0.880. The molecule has 2 rings (SSSR count). The Hall–Kier alpha value is -2.44. The van der Waals surface area contributed by atoms with Gasteiger partial charge in [-0.3, -0.25) is 0 Å². The van der Waals surface area contributed by atoms with Crippen LogP contribution in [-0.2, 0) is 0 Å². The zero-order valence-corrected chi connectivity index (χ0v) is 10.1. The maximum atomic E-state index is 8.61. The van der Waals surface area contributed by atoms with Crippen molar-refractivity contribution in [3.63, 3.8) is 0 Å². The van der Waals surface area contributed by atoms with E-state index in [0.29, 0.717) is 17.6 Å². The van der Waals surface area contributed by atoms with E-state index in [-0.39, 0.29) is 5.84 Å². The molecule has 0 fully saturated rings. The fourth-order valence-electron chi connectivity index (χ4n) is 1.41. The summed E-state index contributed by atoms with van der Waals surface area (Å²) >= 11 is 0. The molecule has 3 N–H and O–H groups in total. The lowest BCUT2D eigenvalue weighted by Gasteiger charge is -2.02. The molecule has 0 bridgehead atoms. The van der Waals surface area contributed by atoms with Crippen LogP contribution in [0.3, 0.4) is 0 Å². The molecular weight excluding hydrogens is 232 g/mol. The second kappa shape index (κ2) is 4.82. The van der Waals surface area contributed by atoms with Gasteiger partial charge in [-0.25, -0.2) is 14.6 Å². The van der Waals surface area contributed by atoms with Gasteiger partial charge in [0.1, 0.15) is 5.69 Å². The Morgan fingerprint density at radius 2 is 2.22 bits per heavy atom. The summed E-state index contributed by atoms with van der Waals surface area (Å²) in [7, 11) is 0. The van der Waals surface area contributed by atoms with Crippen molar-refractivity contribution in [2.45, 2.75) is 19.8 Å². The van der Waals surface area contributed by atoms with Crippen molar-refractivity contribution in [1.82, 2.24) is 19.7 Å². The Morgan fingerprint density at radius 1 is 1.44 bits per heavy atom. The first kappa shape index (κ1) is 12.0. The molecule has 0 radical (unpaired) electrons. The van der Waals surface area contributed by atoms with Crippen molar-refractivity contribution in [2.75, 3.05) is 0 Å². The molecule has 0 saturated carbocycles. The minimum atomic E-state index is -0.0603. The first-order valence-electron chi connectivity index (χ1n) is 5.48. The average molecular weight is 246 g/mol. The van der Waals surface area contributed by atoms with Crippen molar-refractivity contribution in [2.24, 2.45) is 10.9 Å². The number of hydrogen-bond acceptors (Lipinski definition) is 5. The number of nitrogens with two attached hydrogens (primary N) is 1. The second-order valence-corrected chi connectivity index (χ2v) is 4.07. The lowest BCUT2D eigenvalue weighted by atomic mass is 10.1. The van der Waals surface area contributed by atoms with Gasteiger partial charge < -0.3 is 10.9 Å². The van der Waals surface area contributed by atoms with Crippen molar-refractivity contribution >= 4 is 5.84 Å². The fourth-order valence-corrected chi connectivity index (χ4v) is 1.41. The lowest BCUT2D eigenvalue weighted by Crippen LogP contribution is -2.16. The van der Waals surface area contributed by atoms with Crippen molar-refractivity contribution in [3.8, 4) is 5.95 Å². The summed E-state index contributed by atoms with van der Waals surface area (Å²) in [4.78, 5) is 8.26. The zero-order chi connectivity index (χ0) is 13.1. The molecule has 7 nitrogen and oxygen atoms in total. The molecule has 94 valence electrons. The summed E-state index contributed by atoms with van der Waals surface area (Å²) in [6, 6.07) is 3.47. The third kappa shape index (κ3) is 2.29. The molecule has 0 aromatic carbocycles. The third-order valence-electron chi connectivity index (χ3n) is 2.42. The number of amidine groups is 1. The van der Waals surface area contributed by atoms with Crippen LogP contribution in [0.4, 0.5) is 0 Å². The third-order valence-corrected chi connectivity index (χ3v) is 2.42. The van der Waals surface area contributed by atoms with E-state index in [1.54, 1.807) is 16.9 Å². The molecule has 0 atom stereocenters. The van der Waals surface area contributed by atoms with Gasteiger partial charge in [-0.1, -0.05) is 19.0 Å². The molecule has 0 aliphatic heterocycles. The van der Waals surface area contributed by atoms with Crippen LogP contribution in [0.15, 0.2) is 29.7 Å². The van der Waals surface area contributed by atoms with Crippen LogP contribution in [0.2, 0.25) is 0 Å². The molecule has 0 aliphatic rings. The van der Waals surface area contributed by atoms with Gasteiger partial charge in [0.25, 0.3) is 5.95 Å². The molecule has 0 spiro atoms. The summed E-state index contributed by atoms with van der Waals surface area (Å²) in [5, 5.41) is 15.9.